The molecule has 2 amide bonds. The SMILES string of the molecule is C[C@@]12C[C@@H](NC(=O)N1c1ccc(Cl)cc1)c1cc(Br)ccc1O2. The molecule has 118 valence electrons. The van der Waals surface area contributed by atoms with E-state index in [1.165, 1.54) is 0 Å². The van der Waals surface area contributed by atoms with E-state index in [-0.39, 0.29) is 12.1 Å². The topological polar surface area (TPSA) is 41.6 Å². The van der Waals surface area contributed by atoms with Crippen LogP contribution in [0.1, 0.15) is 24.9 Å². The molecule has 0 aliphatic carbocycles. The van der Waals surface area contributed by atoms with Gasteiger partial charge in [0.25, 0.3) is 0 Å². The largest absolute Gasteiger partial charge is 0.467 e. The van der Waals surface area contributed by atoms with Crippen LogP contribution in [0.25, 0.3) is 0 Å². The van der Waals surface area contributed by atoms with E-state index in [9.17, 15) is 4.79 Å². The van der Waals surface area contributed by atoms with E-state index in [0.717, 1.165) is 21.5 Å². The van der Waals surface area contributed by atoms with Crippen molar-refractivity contribution in [3.63, 3.8) is 0 Å². The van der Waals surface area contributed by atoms with Gasteiger partial charge in [-0.25, -0.2) is 4.79 Å². The second-order valence-corrected chi connectivity index (χ2v) is 7.33. The van der Waals surface area contributed by atoms with Crippen molar-refractivity contribution in [2.75, 3.05) is 4.90 Å². The summed E-state index contributed by atoms with van der Waals surface area (Å²) in [6, 6.07) is 12.8. The third-order valence-corrected chi connectivity index (χ3v) is 5.06. The van der Waals surface area contributed by atoms with Crippen molar-refractivity contribution in [3.8, 4) is 5.75 Å². The highest BCUT2D eigenvalue weighted by Crippen LogP contribution is 2.46. The zero-order valence-electron chi connectivity index (χ0n) is 12.3. The predicted molar refractivity (Wildman–Crippen MR) is 93.0 cm³/mol. The van der Waals surface area contributed by atoms with E-state index in [2.05, 4.69) is 21.2 Å². The first-order chi connectivity index (χ1) is 11.0. The van der Waals surface area contributed by atoms with Crippen LogP contribution in [-0.2, 0) is 0 Å². The Balaban J connectivity index is 1.79. The van der Waals surface area contributed by atoms with Crippen LogP contribution in [0.3, 0.4) is 0 Å². The summed E-state index contributed by atoms with van der Waals surface area (Å²) in [7, 11) is 0. The first-order valence-corrected chi connectivity index (χ1v) is 8.48. The highest BCUT2D eigenvalue weighted by Gasteiger charge is 2.49. The number of anilines is 1. The van der Waals surface area contributed by atoms with Crippen molar-refractivity contribution in [3.05, 3.63) is 57.5 Å². The van der Waals surface area contributed by atoms with Crippen LogP contribution in [-0.4, -0.2) is 11.8 Å². The molecular formula is C17H14BrClN2O2. The maximum absolute atomic E-state index is 12.7. The van der Waals surface area contributed by atoms with Gasteiger partial charge in [-0.3, -0.25) is 4.90 Å². The molecule has 2 aromatic carbocycles. The number of hydrogen-bond acceptors (Lipinski definition) is 2. The molecule has 2 heterocycles. The molecule has 4 rings (SSSR count). The molecular weight excluding hydrogens is 380 g/mol. The second-order valence-electron chi connectivity index (χ2n) is 5.98. The van der Waals surface area contributed by atoms with Crippen molar-refractivity contribution in [2.45, 2.75) is 25.1 Å². The van der Waals surface area contributed by atoms with Crippen LogP contribution in [0, 0.1) is 0 Å². The van der Waals surface area contributed by atoms with E-state index >= 15 is 0 Å². The van der Waals surface area contributed by atoms with Gasteiger partial charge in [0.2, 0.25) is 0 Å². The number of halogens is 2. The van der Waals surface area contributed by atoms with Crippen molar-refractivity contribution in [1.29, 1.82) is 0 Å². The Morgan fingerprint density at radius 3 is 2.78 bits per heavy atom. The van der Waals surface area contributed by atoms with E-state index in [1.54, 1.807) is 17.0 Å². The highest BCUT2D eigenvalue weighted by molar-refractivity contribution is 9.10. The van der Waals surface area contributed by atoms with E-state index in [0.29, 0.717) is 11.4 Å². The van der Waals surface area contributed by atoms with Crippen molar-refractivity contribution in [2.24, 2.45) is 0 Å². The number of ether oxygens (including phenoxy) is 1. The Morgan fingerprint density at radius 2 is 2.04 bits per heavy atom. The molecule has 1 N–H and O–H groups in total. The van der Waals surface area contributed by atoms with Crippen LogP contribution in [0.2, 0.25) is 5.02 Å². The van der Waals surface area contributed by atoms with Crippen LogP contribution in [0.5, 0.6) is 5.75 Å². The highest BCUT2D eigenvalue weighted by atomic mass is 79.9. The second kappa shape index (κ2) is 5.14. The summed E-state index contributed by atoms with van der Waals surface area (Å²) in [6.07, 6.45) is 0.671. The smallest absolute Gasteiger partial charge is 0.325 e. The quantitative estimate of drug-likeness (QED) is 0.751. The van der Waals surface area contributed by atoms with Gasteiger partial charge in [-0.2, -0.15) is 0 Å². The summed E-state index contributed by atoms with van der Waals surface area (Å²) in [5.41, 5.74) is 1.02. The maximum atomic E-state index is 12.7. The average molecular weight is 394 g/mol. The Labute approximate surface area is 147 Å². The Kier molecular flexibility index (Phi) is 3.32. The minimum absolute atomic E-state index is 0.0581. The molecule has 2 aromatic rings. The molecule has 23 heavy (non-hydrogen) atoms. The molecule has 4 nitrogen and oxygen atoms in total. The normalized spacial score (nSPS) is 25.4. The number of fused-ring (bicyclic) bond motifs is 4. The zero-order valence-corrected chi connectivity index (χ0v) is 14.7. The predicted octanol–water partition coefficient (Wildman–Crippen LogP) is 4.87. The summed E-state index contributed by atoms with van der Waals surface area (Å²) in [5.74, 6) is 0.797. The lowest BCUT2D eigenvalue weighted by Crippen LogP contribution is -2.65. The lowest BCUT2D eigenvalue weighted by atomic mass is 9.90. The fourth-order valence-corrected chi connectivity index (χ4v) is 3.83. The number of carbonyl (C=O) groups excluding carboxylic acids is 1. The van der Waals surface area contributed by atoms with E-state index in [1.807, 2.05) is 37.3 Å². The van der Waals surface area contributed by atoms with Crippen LogP contribution >= 0.6 is 27.5 Å². The molecule has 2 aliphatic heterocycles. The Bertz CT molecular complexity index is 796. The van der Waals surface area contributed by atoms with Gasteiger partial charge >= 0.3 is 6.03 Å². The number of carbonyl (C=O) groups is 1. The number of amides is 2. The monoisotopic (exact) mass is 392 g/mol. The number of urea groups is 1. The van der Waals surface area contributed by atoms with Crippen molar-refractivity contribution >= 4 is 39.2 Å². The first kappa shape index (κ1) is 14.8. The lowest BCUT2D eigenvalue weighted by Gasteiger charge is -2.50. The average Bonchev–Trinajstić information content (AvgIpc) is 2.49. The van der Waals surface area contributed by atoms with E-state index in [4.69, 9.17) is 16.3 Å². The molecule has 2 atom stereocenters. The van der Waals surface area contributed by atoms with Gasteiger partial charge in [-0.1, -0.05) is 27.5 Å². The molecule has 1 saturated heterocycles. The van der Waals surface area contributed by atoms with Gasteiger partial charge in [0.05, 0.1) is 6.04 Å². The van der Waals surface area contributed by atoms with Crippen LogP contribution in [0.15, 0.2) is 46.9 Å². The van der Waals surface area contributed by atoms with Gasteiger partial charge < -0.3 is 10.1 Å². The van der Waals surface area contributed by atoms with E-state index < -0.39 is 5.72 Å². The first-order valence-electron chi connectivity index (χ1n) is 7.31. The fraction of sp³-hybridized carbons (Fsp3) is 0.235. The van der Waals surface area contributed by atoms with Crippen molar-refractivity contribution in [1.82, 2.24) is 5.32 Å². The fourth-order valence-electron chi connectivity index (χ4n) is 3.33. The number of hydrogen-bond donors (Lipinski definition) is 1. The number of nitrogens with one attached hydrogen (secondary N) is 1. The summed E-state index contributed by atoms with van der Waals surface area (Å²) in [5, 5.41) is 3.71. The summed E-state index contributed by atoms with van der Waals surface area (Å²) < 4.78 is 7.19. The summed E-state index contributed by atoms with van der Waals surface area (Å²) in [4.78, 5) is 14.3. The Hall–Kier alpha value is -1.72. The van der Waals surface area contributed by atoms with Gasteiger partial charge in [-0.15, -0.1) is 0 Å². The zero-order chi connectivity index (χ0) is 16.2. The summed E-state index contributed by atoms with van der Waals surface area (Å²) >= 11 is 9.43. The molecule has 0 aromatic heterocycles. The molecule has 0 spiro atoms. The minimum Gasteiger partial charge on any atom is -0.467 e. The third-order valence-electron chi connectivity index (χ3n) is 4.32. The molecule has 0 radical (unpaired) electrons. The van der Waals surface area contributed by atoms with Crippen molar-refractivity contribution < 1.29 is 9.53 Å². The van der Waals surface area contributed by atoms with Gasteiger partial charge in [0.15, 0.2) is 5.72 Å². The van der Waals surface area contributed by atoms with Crippen LogP contribution < -0.4 is 15.0 Å². The lowest BCUT2D eigenvalue weighted by molar-refractivity contribution is 0.0378. The maximum Gasteiger partial charge on any atom is 0.325 e. The molecule has 1 fully saturated rings. The van der Waals surface area contributed by atoms with Gasteiger partial charge in [0, 0.05) is 27.2 Å². The molecule has 0 unspecified atom stereocenters. The van der Waals surface area contributed by atoms with Crippen LogP contribution in [0.4, 0.5) is 10.5 Å². The number of benzene rings is 2. The Morgan fingerprint density at radius 1 is 1.30 bits per heavy atom. The molecule has 0 saturated carbocycles. The molecule has 2 bridgehead atoms. The van der Waals surface area contributed by atoms with Gasteiger partial charge in [0.1, 0.15) is 5.75 Å². The number of nitrogens with zero attached hydrogens (tertiary/aromatic N) is 1. The third kappa shape index (κ3) is 2.39. The molecule has 6 heteroatoms. The number of rotatable bonds is 1. The van der Waals surface area contributed by atoms with Gasteiger partial charge in [-0.05, 0) is 49.4 Å². The molecule has 2 aliphatic rings. The summed E-state index contributed by atoms with van der Waals surface area (Å²) in [6.45, 7) is 1.94. The minimum atomic E-state index is -0.734. The standard InChI is InChI=1S/C17H14BrClN2O2/c1-17-9-14(13-8-10(18)2-7-15(13)23-17)20-16(22)21(17)12-5-3-11(19)4-6-12/h2-8,14H,9H2,1H3,(H,20,22)/t14-,17-/m1/s1.